The van der Waals surface area contributed by atoms with Crippen LogP contribution in [0.15, 0.2) is 22.7 Å². The minimum Gasteiger partial charge on any atom is -0.284 e. The molecule has 1 fully saturated rings. The van der Waals surface area contributed by atoms with Crippen molar-refractivity contribution in [2.24, 2.45) is 5.92 Å². The Morgan fingerprint density at radius 2 is 2.12 bits per heavy atom. The molecule has 2 rings (SSSR count). The lowest BCUT2D eigenvalue weighted by molar-refractivity contribution is 0.597. The highest BCUT2D eigenvalue weighted by atomic mass is 79.9. The van der Waals surface area contributed by atoms with E-state index in [1.165, 1.54) is 18.2 Å². The van der Waals surface area contributed by atoms with Gasteiger partial charge in [-0.15, -0.1) is 0 Å². The number of benzene rings is 1. The van der Waals surface area contributed by atoms with Crippen molar-refractivity contribution in [3.8, 4) is 0 Å². The van der Waals surface area contributed by atoms with Crippen LogP contribution in [0.5, 0.6) is 0 Å². The Hall–Kier alpha value is -0.620. The normalized spacial score (nSPS) is 16.1. The van der Waals surface area contributed by atoms with Crippen molar-refractivity contribution in [3.63, 3.8) is 0 Å². The first kappa shape index (κ1) is 11.9. The molecule has 3 nitrogen and oxygen atoms in total. The molecule has 16 heavy (non-hydrogen) atoms. The molecule has 88 valence electrons. The highest BCUT2D eigenvalue weighted by molar-refractivity contribution is 9.10. The Balaban J connectivity index is 2.10. The van der Waals surface area contributed by atoms with Gasteiger partial charge >= 0.3 is 0 Å². The molecule has 0 amide bonds. The molecule has 1 saturated carbocycles. The van der Waals surface area contributed by atoms with Crippen molar-refractivity contribution < 1.29 is 12.8 Å². The standard InChI is InChI=1S/C10H11BrFNO2S/c11-9-5-8(3-4-10(9)12)13-16(14,15)6-7-1-2-7/h3-5,7,13H,1-2,6H2. The second-order valence-electron chi connectivity index (χ2n) is 3.96. The number of nitrogens with one attached hydrogen (secondary N) is 1. The van der Waals surface area contributed by atoms with Gasteiger partial charge in [-0.1, -0.05) is 0 Å². The summed E-state index contributed by atoms with van der Waals surface area (Å²) in [6.45, 7) is 0. The van der Waals surface area contributed by atoms with E-state index in [0.29, 0.717) is 11.6 Å². The molecule has 0 heterocycles. The van der Waals surface area contributed by atoms with Crippen molar-refractivity contribution in [1.82, 2.24) is 0 Å². The predicted octanol–water partition coefficient (Wildman–Crippen LogP) is 2.74. The third-order valence-corrected chi connectivity index (χ3v) is 4.41. The lowest BCUT2D eigenvalue weighted by Crippen LogP contribution is -2.17. The summed E-state index contributed by atoms with van der Waals surface area (Å²) in [5.41, 5.74) is 0.383. The summed E-state index contributed by atoms with van der Waals surface area (Å²) < 4.78 is 38.9. The molecule has 0 aliphatic heterocycles. The second kappa shape index (κ2) is 4.33. The molecule has 6 heteroatoms. The fraction of sp³-hybridized carbons (Fsp3) is 0.400. The van der Waals surface area contributed by atoms with Gasteiger partial charge in [-0.2, -0.15) is 0 Å². The predicted molar refractivity (Wildman–Crippen MR) is 64.2 cm³/mol. The highest BCUT2D eigenvalue weighted by Gasteiger charge is 2.27. The average molecular weight is 308 g/mol. The van der Waals surface area contributed by atoms with Gasteiger partial charge in [0.15, 0.2) is 0 Å². The monoisotopic (exact) mass is 307 g/mol. The van der Waals surface area contributed by atoms with Crippen LogP contribution in [0.1, 0.15) is 12.8 Å². The van der Waals surface area contributed by atoms with Crippen molar-refractivity contribution in [1.29, 1.82) is 0 Å². The van der Waals surface area contributed by atoms with E-state index in [4.69, 9.17) is 0 Å². The van der Waals surface area contributed by atoms with Crippen LogP contribution in [0, 0.1) is 11.7 Å². The van der Waals surface area contributed by atoms with Crippen LogP contribution in [0.3, 0.4) is 0 Å². The summed E-state index contributed by atoms with van der Waals surface area (Å²) in [5, 5.41) is 0. The summed E-state index contributed by atoms with van der Waals surface area (Å²) in [6.07, 6.45) is 1.96. The van der Waals surface area contributed by atoms with Crippen LogP contribution in [0.4, 0.5) is 10.1 Å². The van der Waals surface area contributed by atoms with E-state index < -0.39 is 15.8 Å². The Kier molecular flexibility index (Phi) is 3.21. The molecule has 0 unspecified atom stereocenters. The summed E-state index contributed by atoms with van der Waals surface area (Å²) in [5.74, 6) is 0.0358. The number of sulfonamides is 1. The fourth-order valence-corrected chi connectivity index (χ4v) is 3.28. The molecule has 1 aromatic rings. The molecule has 0 atom stereocenters. The number of hydrogen-bond donors (Lipinski definition) is 1. The Morgan fingerprint density at radius 3 is 2.69 bits per heavy atom. The van der Waals surface area contributed by atoms with Crippen LogP contribution in [-0.4, -0.2) is 14.2 Å². The summed E-state index contributed by atoms with van der Waals surface area (Å²) in [4.78, 5) is 0. The van der Waals surface area contributed by atoms with Gasteiger partial charge in [0.25, 0.3) is 0 Å². The van der Waals surface area contributed by atoms with E-state index in [2.05, 4.69) is 20.7 Å². The quantitative estimate of drug-likeness (QED) is 0.929. The van der Waals surface area contributed by atoms with Crippen molar-refractivity contribution in [3.05, 3.63) is 28.5 Å². The highest BCUT2D eigenvalue weighted by Crippen LogP contribution is 2.31. The lowest BCUT2D eigenvalue weighted by atomic mass is 10.3. The zero-order chi connectivity index (χ0) is 11.8. The van der Waals surface area contributed by atoms with Gasteiger partial charge in [-0.25, -0.2) is 12.8 Å². The first-order chi connectivity index (χ1) is 7.46. The molecule has 1 aliphatic rings. The fourth-order valence-electron chi connectivity index (χ4n) is 1.38. The van der Waals surface area contributed by atoms with Gasteiger partial charge in [-0.3, -0.25) is 4.72 Å². The number of rotatable bonds is 4. The van der Waals surface area contributed by atoms with Crippen LogP contribution >= 0.6 is 15.9 Å². The van der Waals surface area contributed by atoms with Crippen molar-refractivity contribution >= 4 is 31.6 Å². The third-order valence-electron chi connectivity index (χ3n) is 2.34. The molecular weight excluding hydrogens is 297 g/mol. The number of anilines is 1. The number of hydrogen-bond acceptors (Lipinski definition) is 2. The topological polar surface area (TPSA) is 46.2 Å². The summed E-state index contributed by atoms with van der Waals surface area (Å²) >= 11 is 3.01. The Morgan fingerprint density at radius 1 is 1.44 bits per heavy atom. The van der Waals surface area contributed by atoms with Gasteiger partial charge < -0.3 is 0 Å². The molecule has 1 N–H and O–H groups in total. The van der Waals surface area contributed by atoms with Crippen molar-refractivity contribution in [2.45, 2.75) is 12.8 Å². The Bertz CT molecular complexity index is 500. The molecule has 1 aromatic carbocycles. The van der Waals surface area contributed by atoms with Gasteiger partial charge in [0, 0.05) is 5.69 Å². The number of halogens is 2. The van der Waals surface area contributed by atoms with Crippen molar-refractivity contribution in [2.75, 3.05) is 10.5 Å². The lowest BCUT2D eigenvalue weighted by Gasteiger charge is -2.07. The van der Waals surface area contributed by atoms with Crippen LogP contribution < -0.4 is 4.72 Å². The average Bonchev–Trinajstić information content (AvgIpc) is 2.94. The third kappa shape index (κ3) is 3.18. The SMILES string of the molecule is O=S(=O)(CC1CC1)Nc1ccc(F)c(Br)c1. The minimum atomic E-state index is -3.29. The summed E-state index contributed by atoms with van der Waals surface area (Å²) in [6, 6.07) is 4.05. The smallest absolute Gasteiger partial charge is 0.232 e. The Labute approximate surface area is 102 Å². The van der Waals surface area contributed by atoms with E-state index in [0.717, 1.165) is 12.8 Å². The van der Waals surface area contributed by atoms with E-state index in [1.807, 2.05) is 0 Å². The maximum absolute atomic E-state index is 12.9. The van der Waals surface area contributed by atoms with Gasteiger partial charge in [0.05, 0.1) is 10.2 Å². The second-order valence-corrected chi connectivity index (χ2v) is 6.58. The molecule has 0 bridgehead atoms. The molecular formula is C10H11BrFNO2S. The van der Waals surface area contributed by atoms with Gasteiger partial charge in [0.1, 0.15) is 5.82 Å². The molecule has 0 saturated heterocycles. The first-order valence-corrected chi connectivity index (χ1v) is 7.36. The summed E-state index contributed by atoms with van der Waals surface area (Å²) in [7, 11) is -3.29. The van der Waals surface area contributed by atoms with E-state index in [-0.39, 0.29) is 10.2 Å². The van der Waals surface area contributed by atoms with Crippen LogP contribution in [-0.2, 0) is 10.0 Å². The largest absolute Gasteiger partial charge is 0.284 e. The molecule has 0 aromatic heterocycles. The van der Waals surface area contributed by atoms with E-state index in [9.17, 15) is 12.8 Å². The molecule has 1 aliphatic carbocycles. The van der Waals surface area contributed by atoms with E-state index in [1.54, 1.807) is 0 Å². The van der Waals surface area contributed by atoms with Crippen LogP contribution in [0.25, 0.3) is 0 Å². The van der Waals surface area contributed by atoms with E-state index >= 15 is 0 Å². The first-order valence-electron chi connectivity index (χ1n) is 4.92. The van der Waals surface area contributed by atoms with Gasteiger partial charge in [-0.05, 0) is 52.9 Å². The maximum Gasteiger partial charge on any atom is 0.232 e. The van der Waals surface area contributed by atoms with Crippen LogP contribution in [0.2, 0.25) is 0 Å². The minimum absolute atomic E-state index is 0.155. The van der Waals surface area contributed by atoms with Gasteiger partial charge in [0.2, 0.25) is 10.0 Å². The zero-order valence-electron chi connectivity index (χ0n) is 8.41. The molecule has 0 radical (unpaired) electrons. The molecule has 0 spiro atoms. The zero-order valence-corrected chi connectivity index (χ0v) is 10.8. The maximum atomic E-state index is 12.9.